The van der Waals surface area contributed by atoms with Crippen LogP contribution in [0.1, 0.15) is 58.3 Å². The van der Waals surface area contributed by atoms with E-state index >= 15 is 0 Å². The molecule has 0 aromatic rings. The van der Waals surface area contributed by atoms with Crippen molar-refractivity contribution in [3.8, 4) is 0 Å². The summed E-state index contributed by atoms with van der Waals surface area (Å²) in [7, 11) is 0. The summed E-state index contributed by atoms with van der Waals surface area (Å²) < 4.78 is 0. The fourth-order valence-electron chi connectivity index (χ4n) is 3.31. The van der Waals surface area contributed by atoms with Crippen LogP contribution in [0, 0.1) is 5.92 Å². The third-order valence-electron chi connectivity index (χ3n) is 4.33. The summed E-state index contributed by atoms with van der Waals surface area (Å²) in [5.41, 5.74) is 5.94. The Hall–Kier alpha value is -0.0800. The lowest BCUT2D eigenvalue weighted by atomic mass is 9.84. The molecule has 2 saturated carbocycles. The van der Waals surface area contributed by atoms with E-state index < -0.39 is 0 Å². The van der Waals surface area contributed by atoms with Crippen LogP contribution in [-0.2, 0) is 0 Å². The van der Waals surface area contributed by atoms with Gasteiger partial charge in [-0.2, -0.15) is 0 Å². The smallest absolute Gasteiger partial charge is 0.00849 e. The first-order valence-electron chi connectivity index (χ1n) is 6.77. The van der Waals surface area contributed by atoms with Crippen molar-refractivity contribution in [2.75, 3.05) is 0 Å². The molecule has 3 atom stereocenters. The molecule has 2 aliphatic carbocycles. The van der Waals surface area contributed by atoms with Crippen molar-refractivity contribution in [3.05, 3.63) is 0 Å². The second-order valence-electron chi connectivity index (χ2n) is 5.62. The van der Waals surface area contributed by atoms with Gasteiger partial charge in [0.1, 0.15) is 0 Å². The second-order valence-corrected chi connectivity index (χ2v) is 5.62. The van der Waals surface area contributed by atoms with Crippen molar-refractivity contribution in [1.29, 1.82) is 0 Å². The fraction of sp³-hybridized carbons (Fsp3) is 1.00. The highest BCUT2D eigenvalue weighted by molar-refractivity contribution is 4.86. The molecule has 15 heavy (non-hydrogen) atoms. The summed E-state index contributed by atoms with van der Waals surface area (Å²) in [6.45, 7) is 2.37. The quantitative estimate of drug-likeness (QED) is 0.751. The zero-order valence-corrected chi connectivity index (χ0v) is 10.0. The Morgan fingerprint density at radius 3 is 2.40 bits per heavy atom. The molecule has 2 heteroatoms. The molecule has 0 aromatic carbocycles. The first-order chi connectivity index (χ1) is 7.25. The van der Waals surface area contributed by atoms with Crippen LogP contribution in [0.4, 0.5) is 0 Å². The molecule has 0 heterocycles. The average molecular weight is 210 g/mol. The van der Waals surface area contributed by atoms with Gasteiger partial charge >= 0.3 is 0 Å². The molecule has 2 rings (SSSR count). The third-order valence-corrected chi connectivity index (χ3v) is 4.33. The molecular formula is C13H26N2. The van der Waals surface area contributed by atoms with Gasteiger partial charge in [-0.1, -0.05) is 19.3 Å². The predicted octanol–water partition coefficient (Wildman–Crippen LogP) is 2.42. The van der Waals surface area contributed by atoms with E-state index in [1.54, 1.807) is 0 Å². The van der Waals surface area contributed by atoms with E-state index in [1.807, 2.05) is 0 Å². The molecule has 2 fully saturated rings. The van der Waals surface area contributed by atoms with E-state index in [0.717, 1.165) is 5.92 Å². The van der Waals surface area contributed by atoms with Gasteiger partial charge in [-0.3, -0.25) is 0 Å². The van der Waals surface area contributed by atoms with E-state index in [0.29, 0.717) is 18.1 Å². The van der Waals surface area contributed by atoms with Gasteiger partial charge in [0.15, 0.2) is 0 Å². The molecule has 0 bridgehead atoms. The maximum absolute atomic E-state index is 5.94. The number of rotatable bonds is 3. The Balaban J connectivity index is 1.73. The highest BCUT2D eigenvalue weighted by Gasteiger charge is 2.26. The topological polar surface area (TPSA) is 38.0 Å². The van der Waals surface area contributed by atoms with Gasteiger partial charge in [0.2, 0.25) is 0 Å². The van der Waals surface area contributed by atoms with E-state index in [2.05, 4.69) is 12.2 Å². The molecule has 3 N–H and O–H groups in total. The van der Waals surface area contributed by atoms with Crippen LogP contribution in [-0.4, -0.2) is 18.1 Å². The first-order valence-corrected chi connectivity index (χ1v) is 6.77. The van der Waals surface area contributed by atoms with Gasteiger partial charge in [-0.25, -0.2) is 0 Å². The summed E-state index contributed by atoms with van der Waals surface area (Å²) >= 11 is 0. The van der Waals surface area contributed by atoms with Gasteiger partial charge in [-0.05, 0) is 44.9 Å². The fourth-order valence-corrected chi connectivity index (χ4v) is 3.31. The molecule has 88 valence electrons. The minimum Gasteiger partial charge on any atom is -0.328 e. The average Bonchev–Trinajstić information content (AvgIpc) is 2.65. The van der Waals surface area contributed by atoms with Crippen molar-refractivity contribution in [2.24, 2.45) is 11.7 Å². The highest BCUT2D eigenvalue weighted by atomic mass is 15.0. The molecule has 0 radical (unpaired) electrons. The maximum Gasteiger partial charge on any atom is 0.00849 e. The highest BCUT2D eigenvalue weighted by Crippen LogP contribution is 2.27. The number of nitrogens with two attached hydrogens (primary N) is 1. The molecule has 0 aliphatic heterocycles. The summed E-state index contributed by atoms with van der Waals surface area (Å²) in [6.07, 6.45) is 10.9. The SMILES string of the molecule is C[C@@H](NC1CCC(N)C1)C1CCCCC1. The van der Waals surface area contributed by atoms with Crippen LogP contribution in [0.25, 0.3) is 0 Å². The lowest BCUT2D eigenvalue weighted by molar-refractivity contribution is 0.263. The minimum atomic E-state index is 0.459. The van der Waals surface area contributed by atoms with Crippen molar-refractivity contribution in [2.45, 2.75) is 76.4 Å². The Labute approximate surface area is 94.0 Å². The van der Waals surface area contributed by atoms with Gasteiger partial charge in [-0.15, -0.1) is 0 Å². The van der Waals surface area contributed by atoms with Gasteiger partial charge < -0.3 is 11.1 Å². The first kappa shape index (κ1) is 11.4. The summed E-state index contributed by atoms with van der Waals surface area (Å²) in [4.78, 5) is 0. The summed E-state index contributed by atoms with van der Waals surface area (Å²) in [5.74, 6) is 0.926. The number of hydrogen-bond donors (Lipinski definition) is 2. The van der Waals surface area contributed by atoms with Crippen LogP contribution in [0.5, 0.6) is 0 Å². The largest absolute Gasteiger partial charge is 0.328 e. The Morgan fingerprint density at radius 2 is 1.80 bits per heavy atom. The molecule has 0 aromatic heterocycles. The van der Waals surface area contributed by atoms with Crippen LogP contribution in [0.3, 0.4) is 0 Å². The molecule has 2 aliphatic rings. The zero-order chi connectivity index (χ0) is 10.7. The van der Waals surface area contributed by atoms with E-state index in [-0.39, 0.29) is 0 Å². The lowest BCUT2D eigenvalue weighted by Crippen LogP contribution is -2.41. The standard InChI is InChI=1S/C13H26N2/c1-10(11-5-3-2-4-6-11)15-13-8-7-12(14)9-13/h10-13,15H,2-9,14H2,1H3/t10-,12?,13?/m1/s1. The molecule has 0 saturated heterocycles. The molecule has 2 unspecified atom stereocenters. The van der Waals surface area contributed by atoms with Crippen LogP contribution in [0.2, 0.25) is 0 Å². The van der Waals surface area contributed by atoms with Crippen LogP contribution < -0.4 is 11.1 Å². The predicted molar refractivity (Wildman–Crippen MR) is 64.8 cm³/mol. The number of hydrogen-bond acceptors (Lipinski definition) is 2. The van der Waals surface area contributed by atoms with Gasteiger partial charge in [0, 0.05) is 18.1 Å². The van der Waals surface area contributed by atoms with E-state index in [4.69, 9.17) is 5.73 Å². The third kappa shape index (κ3) is 3.18. The Morgan fingerprint density at radius 1 is 1.07 bits per heavy atom. The van der Waals surface area contributed by atoms with E-state index in [1.165, 1.54) is 51.4 Å². The minimum absolute atomic E-state index is 0.459. The van der Waals surface area contributed by atoms with Gasteiger partial charge in [0.05, 0.1) is 0 Å². The normalized spacial score (nSPS) is 35.6. The van der Waals surface area contributed by atoms with Crippen molar-refractivity contribution in [1.82, 2.24) is 5.32 Å². The second kappa shape index (κ2) is 5.31. The lowest BCUT2D eigenvalue weighted by Gasteiger charge is -2.30. The maximum atomic E-state index is 5.94. The van der Waals surface area contributed by atoms with Crippen molar-refractivity contribution >= 4 is 0 Å². The van der Waals surface area contributed by atoms with Crippen molar-refractivity contribution in [3.63, 3.8) is 0 Å². The summed E-state index contributed by atoms with van der Waals surface area (Å²) in [5, 5.41) is 3.80. The molecular weight excluding hydrogens is 184 g/mol. The zero-order valence-electron chi connectivity index (χ0n) is 10.0. The van der Waals surface area contributed by atoms with E-state index in [9.17, 15) is 0 Å². The monoisotopic (exact) mass is 210 g/mol. The van der Waals surface area contributed by atoms with Crippen LogP contribution >= 0.6 is 0 Å². The van der Waals surface area contributed by atoms with Crippen molar-refractivity contribution < 1.29 is 0 Å². The van der Waals surface area contributed by atoms with Gasteiger partial charge in [0.25, 0.3) is 0 Å². The molecule has 0 spiro atoms. The Kier molecular flexibility index (Phi) is 4.04. The number of nitrogens with one attached hydrogen (secondary N) is 1. The molecule has 2 nitrogen and oxygen atoms in total. The van der Waals surface area contributed by atoms with Crippen LogP contribution in [0.15, 0.2) is 0 Å². The molecule has 0 amide bonds. The Bertz CT molecular complexity index is 187. The summed E-state index contributed by atoms with van der Waals surface area (Å²) in [6, 6.07) is 1.87.